The number of rotatable bonds is 50. The number of nitrogens with zero attached hydrogens (tertiary/aromatic N) is 1. The fraction of sp³-hybridized carbons (Fsp3) is 0.909. The van der Waals surface area contributed by atoms with Gasteiger partial charge in [0.05, 0.1) is 34.4 Å². The lowest BCUT2D eigenvalue weighted by atomic mass is 10.0. The zero-order chi connectivity index (χ0) is 49.7. The molecule has 0 N–H and O–H groups in total. The molecule has 0 aromatic carbocycles. The van der Waals surface area contributed by atoms with E-state index in [9.17, 15) is 18.9 Å². The standard InChI is InChI=1S/C55H107NO10P/c1-9-12-14-16-18-19-20-21-22-23-24-27-30-34-38-42-53(57)61-48-52(49-64-67(60,62-11-3)63-47-46-56(6,7)8)66-55(59)45-44-51(41-37-33-17-15-13-10-2)65-54(58)43-39-35-31-28-25-26-29-32-36-40-50(4)5/h21-22,50-52H,9-20,23-49H2,1-8H3/q+1/b22-21-/t51?,52-,67?/m1/s1. The Kier molecular flexibility index (Phi) is 44.2. The molecule has 0 aromatic rings. The van der Waals surface area contributed by atoms with Gasteiger partial charge >= 0.3 is 25.7 Å². The largest absolute Gasteiger partial charge is 0.475 e. The van der Waals surface area contributed by atoms with Crippen molar-refractivity contribution < 1.29 is 51.2 Å². The van der Waals surface area contributed by atoms with Crippen LogP contribution in [0.15, 0.2) is 12.2 Å². The van der Waals surface area contributed by atoms with Gasteiger partial charge in [-0.05, 0) is 70.6 Å². The van der Waals surface area contributed by atoms with Crippen LogP contribution < -0.4 is 0 Å². The highest BCUT2D eigenvalue weighted by Gasteiger charge is 2.30. The molecule has 0 aliphatic carbocycles. The summed E-state index contributed by atoms with van der Waals surface area (Å²) < 4.78 is 48.2. The second-order valence-corrected chi connectivity index (χ2v) is 22.1. The van der Waals surface area contributed by atoms with Crippen molar-refractivity contribution in [3.63, 3.8) is 0 Å². The van der Waals surface area contributed by atoms with Crippen LogP contribution >= 0.6 is 7.82 Å². The van der Waals surface area contributed by atoms with Crippen LogP contribution in [-0.4, -0.2) is 88.7 Å². The normalized spacial score (nSPS) is 13.8. The number of phosphoric acid groups is 1. The Morgan fingerprint density at radius 1 is 0.478 bits per heavy atom. The number of likely N-dealkylation sites (N-methyl/N-ethyl adjacent to an activating group) is 1. The number of phosphoric ester groups is 1. The van der Waals surface area contributed by atoms with Crippen LogP contribution in [0.2, 0.25) is 0 Å². The molecule has 0 aliphatic rings. The van der Waals surface area contributed by atoms with Crippen LogP contribution in [-0.2, 0) is 46.7 Å². The summed E-state index contributed by atoms with van der Waals surface area (Å²) in [6.45, 7) is 10.9. The molecule has 67 heavy (non-hydrogen) atoms. The topological polar surface area (TPSA) is 124 Å². The van der Waals surface area contributed by atoms with Gasteiger partial charge in [-0.2, -0.15) is 0 Å². The Bertz CT molecular complexity index is 1240. The zero-order valence-electron chi connectivity index (χ0n) is 44.9. The molecule has 0 radical (unpaired) electrons. The first-order chi connectivity index (χ1) is 32.2. The maximum Gasteiger partial charge on any atom is 0.475 e. The number of hydrogen-bond donors (Lipinski definition) is 0. The molecule has 396 valence electrons. The summed E-state index contributed by atoms with van der Waals surface area (Å²) in [5.74, 6) is -0.346. The third-order valence-corrected chi connectivity index (χ3v) is 13.6. The molecule has 0 aliphatic heterocycles. The molecule has 0 aromatic heterocycles. The summed E-state index contributed by atoms with van der Waals surface area (Å²) in [4.78, 5) is 39.3. The zero-order valence-corrected chi connectivity index (χ0v) is 45.8. The average Bonchev–Trinajstić information content (AvgIpc) is 3.27. The van der Waals surface area contributed by atoms with E-state index in [0.717, 1.165) is 76.5 Å². The van der Waals surface area contributed by atoms with Crippen molar-refractivity contribution >= 4 is 25.7 Å². The van der Waals surface area contributed by atoms with E-state index < -0.39 is 26.0 Å². The predicted molar refractivity (Wildman–Crippen MR) is 277 cm³/mol. The summed E-state index contributed by atoms with van der Waals surface area (Å²) in [6, 6.07) is 0. The summed E-state index contributed by atoms with van der Waals surface area (Å²) >= 11 is 0. The van der Waals surface area contributed by atoms with E-state index in [1.165, 1.54) is 109 Å². The van der Waals surface area contributed by atoms with Crippen LogP contribution in [0.4, 0.5) is 0 Å². The van der Waals surface area contributed by atoms with Crippen LogP contribution in [0.5, 0.6) is 0 Å². The van der Waals surface area contributed by atoms with Crippen molar-refractivity contribution in [1.82, 2.24) is 0 Å². The Morgan fingerprint density at radius 3 is 1.43 bits per heavy atom. The van der Waals surface area contributed by atoms with E-state index in [0.29, 0.717) is 36.7 Å². The van der Waals surface area contributed by atoms with Crippen LogP contribution in [0.1, 0.15) is 253 Å². The lowest BCUT2D eigenvalue weighted by molar-refractivity contribution is -0.870. The van der Waals surface area contributed by atoms with Crippen molar-refractivity contribution in [2.24, 2.45) is 5.92 Å². The van der Waals surface area contributed by atoms with Crippen LogP contribution in [0, 0.1) is 5.92 Å². The smallest absolute Gasteiger partial charge is 0.462 e. The third-order valence-electron chi connectivity index (χ3n) is 12.1. The fourth-order valence-corrected chi connectivity index (χ4v) is 9.02. The Hall–Kier alpha value is -1.78. The number of esters is 3. The molecule has 12 heteroatoms. The highest BCUT2D eigenvalue weighted by atomic mass is 31.2. The van der Waals surface area contributed by atoms with Gasteiger partial charge < -0.3 is 18.7 Å². The SMILES string of the molecule is CCCCCCCC/C=C\CCCCCCCC(=O)OC[C@H](COP(=O)(OCC)OCC[N+](C)(C)C)OC(=O)CCC(CCCCCCCC)OC(=O)CCCCCCCCCCCC(C)C. The molecule has 3 atom stereocenters. The number of hydrogen-bond acceptors (Lipinski definition) is 10. The van der Waals surface area contributed by atoms with Gasteiger partial charge in [0.15, 0.2) is 6.10 Å². The van der Waals surface area contributed by atoms with Gasteiger partial charge in [-0.1, -0.05) is 181 Å². The second kappa shape index (κ2) is 45.4. The second-order valence-electron chi connectivity index (χ2n) is 20.5. The quantitative estimate of drug-likeness (QED) is 0.0145. The number of carbonyl (C=O) groups is 3. The highest BCUT2D eigenvalue weighted by molar-refractivity contribution is 7.48. The summed E-state index contributed by atoms with van der Waals surface area (Å²) in [5.41, 5.74) is 0. The molecule has 0 amide bonds. The number of ether oxygens (including phenoxy) is 3. The maximum atomic E-state index is 13.5. The van der Waals surface area contributed by atoms with Crippen molar-refractivity contribution in [2.45, 2.75) is 265 Å². The molecule has 0 bridgehead atoms. The van der Waals surface area contributed by atoms with Gasteiger partial charge in [-0.15, -0.1) is 0 Å². The predicted octanol–water partition coefficient (Wildman–Crippen LogP) is 15.8. The van der Waals surface area contributed by atoms with Crippen molar-refractivity contribution in [1.29, 1.82) is 0 Å². The molecule has 2 unspecified atom stereocenters. The van der Waals surface area contributed by atoms with Crippen LogP contribution in [0.25, 0.3) is 0 Å². The molecule has 0 saturated carbocycles. The summed E-state index contributed by atoms with van der Waals surface area (Å²) in [7, 11) is 1.99. The minimum absolute atomic E-state index is 0.00767. The minimum atomic E-state index is -4.00. The Balaban J connectivity index is 5.19. The number of quaternary nitrogens is 1. The van der Waals surface area contributed by atoms with Gasteiger partial charge in [-0.25, -0.2) is 4.57 Å². The first-order valence-electron chi connectivity index (χ1n) is 27.8. The van der Waals surface area contributed by atoms with Gasteiger partial charge in [0, 0.05) is 19.3 Å². The van der Waals surface area contributed by atoms with Crippen molar-refractivity contribution in [2.75, 3.05) is 54.1 Å². The first kappa shape index (κ1) is 65.2. The van der Waals surface area contributed by atoms with E-state index in [1.807, 2.05) is 21.1 Å². The van der Waals surface area contributed by atoms with E-state index in [1.54, 1.807) is 6.92 Å². The van der Waals surface area contributed by atoms with Gasteiger partial charge in [0.1, 0.15) is 25.9 Å². The summed E-state index contributed by atoms with van der Waals surface area (Å²) in [6.07, 6.45) is 38.7. The molecule has 0 rings (SSSR count). The lowest BCUT2D eigenvalue weighted by Gasteiger charge is -2.25. The monoisotopic (exact) mass is 973 g/mol. The minimum Gasteiger partial charge on any atom is -0.462 e. The number of unbranched alkanes of at least 4 members (excludes halogenated alkanes) is 24. The van der Waals surface area contributed by atoms with Crippen molar-refractivity contribution in [3.05, 3.63) is 12.2 Å². The number of allylic oxidation sites excluding steroid dienone is 2. The van der Waals surface area contributed by atoms with E-state index in [4.69, 9.17) is 27.8 Å². The molecular formula is C55H107NO10P+. The van der Waals surface area contributed by atoms with Crippen LogP contribution in [0.3, 0.4) is 0 Å². The van der Waals surface area contributed by atoms with Gasteiger partial charge in [0.2, 0.25) is 0 Å². The lowest BCUT2D eigenvalue weighted by Crippen LogP contribution is -2.37. The molecule has 0 fully saturated rings. The first-order valence-corrected chi connectivity index (χ1v) is 29.2. The molecule has 0 saturated heterocycles. The molecule has 0 spiro atoms. The number of carbonyl (C=O) groups excluding carboxylic acids is 3. The molecular weight excluding hydrogens is 866 g/mol. The van der Waals surface area contributed by atoms with Crippen molar-refractivity contribution in [3.8, 4) is 0 Å². The summed E-state index contributed by atoms with van der Waals surface area (Å²) in [5, 5.41) is 0. The highest BCUT2D eigenvalue weighted by Crippen LogP contribution is 2.49. The molecule has 0 heterocycles. The average molecular weight is 973 g/mol. The third kappa shape index (κ3) is 46.4. The fourth-order valence-electron chi connectivity index (χ4n) is 7.83. The van der Waals surface area contributed by atoms with Gasteiger partial charge in [-0.3, -0.25) is 28.0 Å². The maximum absolute atomic E-state index is 13.5. The van der Waals surface area contributed by atoms with E-state index in [2.05, 4.69) is 39.8 Å². The van der Waals surface area contributed by atoms with E-state index in [-0.39, 0.29) is 51.2 Å². The van der Waals surface area contributed by atoms with Gasteiger partial charge in [0.25, 0.3) is 0 Å². The Morgan fingerprint density at radius 2 is 0.925 bits per heavy atom. The molecule has 11 nitrogen and oxygen atoms in total. The van der Waals surface area contributed by atoms with E-state index >= 15 is 0 Å². The Labute approximate surface area is 412 Å².